The molecule has 0 aromatic heterocycles. The molecule has 0 aromatic rings. The zero-order chi connectivity index (χ0) is 14.0. The summed E-state index contributed by atoms with van der Waals surface area (Å²) in [6, 6.07) is 0.764. The van der Waals surface area contributed by atoms with Gasteiger partial charge in [0.25, 0.3) is 0 Å². The topological polar surface area (TPSA) is 41.7 Å². The van der Waals surface area contributed by atoms with E-state index in [1.807, 2.05) is 7.11 Å². The molecule has 3 fully saturated rings. The van der Waals surface area contributed by atoms with Crippen LogP contribution in [-0.2, 0) is 4.74 Å². The van der Waals surface area contributed by atoms with Crippen LogP contribution in [0.4, 0.5) is 0 Å². The molecule has 0 spiro atoms. The van der Waals surface area contributed by atoms with Crippen molar-refractivity contribution in [1.82, 2.24) is 9.80 Å². The number of hydrogen-bond donors (Lipinski definition) is 1. The molecule has 1 aliphatic carbocycles. The van der Waals surface area contributed by atoms with Crippen molar-refractivity contribution in [1.29, 1.82) is 0 Å². The van der Waals surface area contributed by atoms with Crippen LogP contribution >= 0.6 is 0 Å². The molecule has 2 saturated heterocycles. The van der Waals surface area contributed by atoms with Crippen LogP contribution in [0.1, 0.15) is 44.9 Å². The van der Waals surface area contributed by atoms with Crippen molar-refractivity contribution in [3.8, 4) is 0 Å². The summed E-state index contributed by atoms with van der Waals surface area (Å²) >= 11 is 0. The second-order valence-electron chi connectivity index (χ2n) is 6.91. The summed E-state index contributed by atoms with van der Waals surface area (Å²) < 4.78 is 5.84. The van der Waals surface area contributed by atoms with E-state index in [9.17, 15) is 0 Å². The predicted molar refractivity (Wildman–Crippen MR) is 81.8 cm³/mol. The molecule has 116 valence electrons. The van der Waals surface area contributed by atoms with Gasteiger partial charge in [-0.15, -0.1) is 0 Å². The third kappa shape index (κ3) is 2.52. The summed E-state index contributed by atoms with van der Waals surface area (Å²) in [6.45, 7) is 5.77. The number of likely N-dealkylation sites (tertiary alicyclic amines) is 2. The number of hydrogen-bond acceptors (Lipinski definition) is 4. The fourth-order valence-electron chi connectivity index (χ4n) is 4.80. The number of rotatable bonds is 4. The van der Waals surface area contributed by atoms with Gasteiger partial charge < -0.3 is 10.5 Å². The number of nitrogens with two attached hydrogens (primary N) is 1. The van der Waals surface area contributed by atoms with Crippen LogP contribution in [0.2, 0.25) is 0 Å². The van der Waals surface area contributed by atoms with Gasteiger partial charge in [-0.3, -0.25) is 9.80 Å². The average molecular weight is 281 g/mol. The molecule has 0 bridgehead atoms. The van der Waals surface area contributed by atoms with Gasteiger partial charge in [-0.2, -0.15) is 0 Å². The maximum Gasteiger partial charge on any atom is 0.0767 e. The number of nitrogens with zero attached hydrogens (tertiary/aromatic N) is 2. The maximum atomic E-state index is 6.25. The molecule has 2 N–H and O–H groups in total. The molecule has 4 nitrogen and oxygen atoms in total. The van der Waals surface area contributed by atoms with Crippen molar-refractivity contribution in [3.05, 3.63) is 0 Å². The third-order valence-electron chi connectivity index (χ3n) is 6.01. The number of methoxy groups -OCH3 is 1. The van der Waals surface area contributed by atoms with Gasteiger partial charge in [0.2, 0.25) is 0 Å². The Morgan fingerprint density at radius 3 is 2.60 bits per heavy atom. The molecule has 1 saturated carbocycles. The first-order valence-corrected chi connectivity index (χ1v) is 8.52. The lowest BCUT2D eigenvalue weighted by atomic mass is 9.77. The average Bonchev–Trinajstić information content (AvgIpc) is 3.17. The van der Waals surface area contributed by atoms with Gasteiger partial charge in [0, 0.05) is 32.8 Å². The Morgan fingerprint density at radius 2 is 1.90 bits per heavy atom. The quantitative estimate of drug-likeness (QED) is 0.847. The smallest absolute Gasteiger partial charge is 0.0767 e. The summed E-state index contributed by atoms with van der Waals surface area (Å²) in [7, 11) is 1.87. The monoisotopic (exact) mass is 281 g/mol. The second kappa shape index (κ2) is 6.30. The summed E-state index contributed by atoms with van der Waals surface area (Å²) in [5.41, 5.74) is 6.36. The fraction of sp³-hybridized carbons (Fsp3) is 1.00. The molecule has 4 heteroatoms. The molecule has 2 aliphatic heterocycles. The van der Waals surface area contributed by atoms with Gasteiger partial charge in [0.15, 0.2) is 0 Å². The molecule has 0 aromatic carbocycles. The Hall–Kier alpha value is -0.160. The maximum absolute atomic E-state index is 6.25. The van der Waals surface area contributed by atoms with Gasteiger partial charge >= 0.3 is 0 Å². The molecular formula is C16H31N3O. The summed E-state index contributed by atoms with van der Waals surface area (Å²) in [4.78, 5) is 5.39. The van der Waals surface area contributed by atoms with E-state index < -0.39 is 0 Å². The predicted octanol–water partition coefficient (Wildman–Crippen LogP) is 1.44. The van der Waals surface area contributed by atoms with Crippen molar-refractivity contribution in [2.24, 2.45) is 5.73 Å². The van der Waals surface area contributed by atoms with E-state index in [1.165, 1.54) is 71.1 Å². The van der Waals surface area contributed by atoms with Crippen molar-refractivity contribution in [2.75, 3.05) is 39.8 Å². The van der Waals surface area contributed by atoms with Crippen LogP contribution in [0.3, 0.4) is 0 Å². The van der Waals surface area contributed by atoms with Crippen molar-refractivity contribution < 1.29 is 4.74 Å². The van der Waals surface area contributed by atoms with E-state index in [0.29, 0.717) is 6.10 Å². The molecule has 0 amide bonds. The van der Waals surface area contributed by atoms with Gasteiger partial charge in [0.1, 0.15) is 0 Å². The van der Waals surface area contributed by atoms with Gasteiger partial charge in [-0.05, 0) is 45.2 Å². The minimum absolute atomic E-state index is 0.113. The minimum Gasteiger partial charge on any atom is -0.379 e. The Labute approximate surface area is 123 Å². The molecule has 20 heavy (non-hydrogen) atoms. The first-order chi connectivity index (χ1) is 9.80. The van der Waals surface area contributed by atoms with Gasteiger partial charge in [-0.1, -0.05) is 12.8 Å². The molecule has 3 unspecified atom stereocenters. The summed E-state index contributed by atoms with van der Waals surface area (Å²) in [6.07, 6.45) is 9.42. The molecular weight excluding hydrogens is 250 g/mol. The van der Waals surface area contributed by atoms with E-state index in [0.717, 1.165) is 12.6 Å². The molecule has 3 atom stereocenters. The highest BCUT2D eigenvalue weighted by atomic mass is 16.5. The summed E-state index contributed by atoms with van der Waals surface area (Å²) in [5.74, 6) is 0. The number of ether oxygens (including phenoxy) is 1. The lowest BCUT2D eigenvalue weighted by molar-refractivity contribution is -0.0686. The van der Waals surface area contributed by atoms with E-state index in [-0.39, 0.29) is 5.54 Å². The van der Waals surface area contributed by atoms with Crippen LogP contribution in [0.15, 0.2) is 0 Å². The molecule has 3 aliphatic rings. The van der Waals surface area contributed by atoms with E-state index >= 15 is 0 Å². The SMILES string of the molecule is COC1CCCCC1(CN)N1CCC(N2CCCC2)C1. The van der Waals surface area contributed by atoms with Crippen LogP contribution < -0.4 is 5.73 Å². The normalized spacial score (nSPS) is 40.5. The van der Waals surface area contributed by atoms with Crippen molar-refractivity contribution in [3.63, 3.8) is 0 Å². The Balaban J connectivity index is 1.69. The van der Waals surface area contributed by atoms with Crippen LogP contribution in [0, 0.1) is 0 Å². The van der Waals surface area contributed by atoms with E-state index in [1.54, 1.807) is 0 Å². The highest BCUT2D eigenvalue weighted by molar-refractivity contribution is 5.04. The second-order valence-corrected chi connectivity index (χ2v) is 6.91. The Kier molecular flexibility index (Phi) is 4.65. The van der Waals surface area contributed by atoms with Crippen LogP contribution in [-0.4, -0.2) is 67.3 Å². The minimum atomic E-state index is 0.113. The zero-order valence-electron chi connectivity index (χ0n) is 13.0. The summed E-state index contributed by atoms with van der Waals surface area (Å²) in [5, 5.41) is 0. The van der Waals surface area contributed by atoms with Gasteiger partial charge in [0.05, 0.1) is 11.6 Å². The van der Waals surface area contributed by atoms with Crippen molar-refractivity contribution in [2.45, 2.75) is 62.6 Å². The Bertz CT molecular complexity index is 319. The first kappa shape index (κ1) is 14.8. The Morgan fingerprint density at radius 1 is 1.10 bits per heavy atom. The standard InChI is InChI=1S/C16H31N3O/c1-20-15-6-2-3-8-16(15,13-17)19-11-7-14(12-19)18-9-4-5-10-18/h14-15H,2-13,17H2,1H3. The highest BCUT2D eigenvalue weighted by Gasteiger charge is 2.47. The van der Waals surface area contributed by atoms with E-state index in [2.05, 4.69) is 9.80 Å². The molecule has 3 rings (SSSR count). The van der Waals surface area contributed by atoms with Crippen LogP contribution in [0.5, 0.6) is 0 Å². The van der Waals surface area contributed by atoms with Gasteiger partial charge in [-0.25, -0.2) is 0 Å². The zero-order valence-corrected chi connectivity index (χ0v) is 13.0. The van der Waals surface area contributed by atoms with E-state index in [4.69, 9.17) is 10.5 Å². The lowest BCUT2D eigenvalue weighted by Crippen LogP contribution is -2.62. The molecule has 2 heterocycles. The van der Waals surface area contributed by atoms with Crippen molar-refractivity contribution >= 4 is 0 Å². The largest absolute Gasteiger partial charge is 0.379 e. The lowest BCUT2D eigenvalue weighted by Gasteiger charge is -2.49. The highest BCUT2D eigenvalue weighted by Crippen LogP contribution is 2.38. The van der Waals surface area contributed by atoms with Crippen LogP contribution in [0.25, 0.3) is 0 Å². The fourth-order valence-corrected chi connectivity index (χ4v) is 4.80. The molecule has 0 radical (unpaired) electrons. The first-order valence-electron chi connectivity index (χ1n) is 8.52. The third-order valence-corrected chi connectivity index (χ3v) is 6.01.